The van der Waals surface area contributed by atoms with Gasteiger partial charge in [-0.05, 0) is 40.3 Å². The summed E-state index contributed by atoms with van der Waals surface area (Å²) in [6.07, 6.45) is -0.812. The third-order valence-corrected chi connectivity index (χ3v) is 16.3. The molecule has 8 aromatic rings. The molecule has 344 valence electrons. The number of benzene rings is 5. The lowest BCUT2D eigenvalue weighted by Crippen LogP contribution is -2.71. The quantitative estimate of drug-likeness (QED) is 0.0182. The van der Waals surface area contributed by atoms with E-state index in [0.717, 1.165) is 27.8 Å². The van der Waals surface area contributed by atoms with E-state index in [1.807, 2.05) is 152 Å². The molecule has 5 heterocycles. The number of esters is 1. The number of anilines is 1. The molecule has 3 aromatic heterocycles. The number of nitrogens with one attached hydrogen (secondary N) is 1. The zero-order chi connectivity index (χ0) is 47.6. The summed E-state index contributed by atoms with van der Waals surface area (Å²) in [4.78, 5) is 67.4. The highest BCUT2D eigenvalue weighted by molar-refractivity contribution is 8.02. The number of aryl methyl sites for hydroxylation is 1. The van der Waals surface area contributed by atoms with Crippen LogP contribution in [0.2, 0.25) is 0 Å². The van der Waals surface area contributed by atoms with E-state index in [0.29, 0.717) is 25.6 Å². The maximum Gasteiger partial charge on any atom is 0.356 e. The van der Waals surface area contributed by atoms with E-state index in [4.69, 9.17) is 15.5 Å². The molecular formula is C51H40N8O6S4. The van der Waals surface area contributed by atoms with Crippen molar-refractivity contribution in [3.63, 3.8) is 0 Å². The summed E-state index contributed by atoms with van der Waals surface area (Å²) in [5.74, 6) is -1.68. The Kier molecular flexibility index (Phi) is 12.7. The van der Waals surface area contributed by atoms with Crippen LogP contribution in [0.1, 0.15) is 50.3 Å². The molecule has 0 aliphatic carbocycles. The molecule has 0 spiro atoms. The van der Waals surface area contributed by atoms with Crippen LogP contribution in [0.4, 0.5) is 5.00 Å². The van der Waals surface area contributed by atoms with Gasteiger partial charge < -0.3 is 21.0 Å². The second kappa shape index (κ2) is 19.3. The second-order valence-electron chi connectivity index (χ2n) is 16.0. The lowest BCUT2D eigenvalue weighted by Gasteiger charge is -2.49. The third-order valence-electron chi connectivity index (χ3n) is 11.8. The molecule has 10 rings (SSSR count). The van der Waals surface area contributed by atoms with Crippen molar-refractivity contribution >= 4 is 79.7 Å². The predicted octanol–water partition coefficient (Wildman–Crippen LogP) is 7.84. The van der Waals surface area contributed by atoms with Gasteiger partial charge in [-0.2, -0.15) is 4.52 Å². The first-order chi connectivity index (χ1) is 33.6. The molecule has 1 saturated heterocycles. The number of rotatable bonds is 14. The van der Waals surface area contributed by atoms with Crippen LogP contribution in [0.15, 0.2) is 183 Å². The van der Waals surface area contributed by atoms with Crippen molar-refractivity contribution in [3.8, 4) is 0 Å². The van der Waals surface area contributed by atoms with Crippen LogP contribution in [0, 0.1) is 6.92 Å². The van der Waals surface area contributed by atoms with E-state index >= 15 is 0 Å². The van der Waals surface area contributed by atoms with Crippen molar-refractivity contribution in [1.29, 1.82) is 0 Å². The number of β-lactam (4-membered cyclic amide) rings is 1. The topological polar surface area (TPSA) is 194 Å². The summed E-state index contributed by atoms with van der Waals surface area (Å²) in [6.45, 7) is 1.74. The number of hydrogen-bond acceptors (Lipinski definition) is 15. The molecule has 2 aliphatic rings. The number of ether oxygens (including phenoxy) is 1. The first-order valence-electron chi connectivity index (χ1n) is 21.6. The van der Waals surface area contributed by atoms with Crippen molar-refractivity contribution in [2.24, 2.45) is 5.16 Å². The Labute approximate surface area is 411 Å². The fourth-order valence-electron chi connectivity index (χ4n) is 8.65. The molecule has 2 aliphatic heterocycles. The van der Waals surface area contributed by atoms with Crippen LogP contribution in [0.5, 0.6) is 0 Å². The maximum atomic E-state index is 14.7. The number of amides is 2. The maximum absolute atomic E-state index is 14.7. The molecule has 2 atom stereocenters. The Morgan fingerprint density at radius 1 is 0.841 bits per heavy atom. The van der Waals surface area contributed by atoms with Crippen LogP contribution in [-0.2, 0) is 24.5 Å². The van der Waals surface area contributed by atoms with Gasteiger partial charge in [0.15, 0.2) is 16.2 Å². The fourth-order valence-corrected chi connectivity index (χ4v) is 13.2. The molecule has 4 N–H and O–H groups in total. The van der Waals surface area contributed by atoms with Crippen LogP contribution in [-0.4, -0.2) is 76.1 Å². The largest absolute Gasteiger partial charge is 0.448 e. The fraction of sp³-hybridized carbons (Fsp3) is 0.137. The Bertz CT molecular complexity index is 3200. The minimum absolute atomic E-state index is 0.0503. The molecular weight excluding hydrogens is 949 g/mol. The van der Waals surface area contributed by atoms with Gasteiger partial charge >= 0.3 is 5.97 Å². The van der Waals surface area contributed by atoms with Gasteiger partial charge in [-0.25, -0.2) is 14.8 Å². The number of carbonyl (C=O) groups excluding carboxylic acids is 3. The highest BCUT2D eigenvalue weighted by atomic mass is 32.2. The molecule has 18 heteroatoms. The van der Waals surface area contributed by atoms with Gasteiger partial charge in [-0.15, -0.1) is 16.9 Å². The van der Waals surface area contributed by atoms with Crippen LogP contribution >= 0.6 is 46.2 Å². The van der Waals surface area contributed by atoms with Gasteiger partial charge in [0.1, 0.15) is 32.8 Å². The zero-order valence-corrected chi connectivity index (χ0v) is 39.8. The molecule has 0 bridgehead atoms. The minimum Gasteiger partial charge on any atom is -0.448 e. The minimum atomic E-state index is -1.13. The van der Waals surface area contributed by atoms with E-state index in [2.05, 4.69) is 20.6 Å². The van der Waals surface area contributed by atoms with Crippen LogP contribution in [0.25, 0.3) is 4.96 Å². The molecule has 2 amide bonds. The molecule has 5 aromatic carbocycles. The normalized spacial score (nSPS) is 16.1. The molecule has 14 nitrogen and oxygen atoms in total. The Morgan fingerprint density at radius 3 is 1.94 bits per heavy atom. The SMILES string of the molecule is Cc1cc(=O)n2nc(SCC3=C(C(=O)OC(c4ccccc4)c4ccccc4)N4C(=O)[C@@H](NC(=O)/C(=N\O)c5nc(C(c6ccccc6)(c6ccccc6)c6ccccc6)sc5N)[C@H]4SC3)sc2n1. The first kappa shape index (κ1) is 45.4. The van der Waals surface area contributed by atoms with Crippen LogP contribution < -0.4 is 16.6 Å². The number of thioether (sulfide) groups is 2. The summed E-state index contributed by atoms with van der Waals surface area (Å²) in [7, 11) is 0. The van der Waals surface area contributed by atoms with Crippen molar-refractivity contribution in [2.45, 2.75) is 34.2 Å². The molecule has 0 radical (unpaired) electrons. The van der Waals surface area contributed by atoms with Crippen LogP contribution in [0.3, 0.4) is 0 Å². The van der Waals surface area contributed by atoms with Gasteiger partial charge in [0.05, 0.1) is 5.41 Å². The number of hydrogen-bond donors (Lipinski definition) is 3. The summed E-state index contributed by atoms with van der Waals surface area (Å²) < 4.78 is 8.13. The molecule has 69 heavy (non-hydrogen) atoms. The average Bonchev–Trinajstić information content (AvgIpc) is 3.98. The van der Waals surface area contributed by atoms with E-state index in [1.165, 1.54) is 61.7 Å². The predicted molar refractivity (Wildman–Crippen MR) is 269 cm³/mol. The Hall–Kier alpha value is -7.38. The monoisotopic (exact) mass is 988 g/mol. The molecule has 0 unspecified atom stereocenters. The average molecular weight is 989 g/mol. The zero-order valence-electron chi connectivity index (χ0n) is 36.5. The van der Waals surface area contributed by atoms with Crippen molar-refractivity contribution in [3.05, 3.63) is 224 Å². The number of aromatic nitrogens is 4. The van der Waals surface area contributed by atoms with Gasteiger partial charge in [0.25, 0.3) is 17.4 Å². The van der Waals surface area contributed by atoms with Crippen molar-refractivity contribution < 1.29 is 24.3 Å². The summed E-state index contributed by atoms with van der Waals surface area (Å²) in [5.41, 5.74) is 10.2. The van der Waals surface area contributed by atoms with Crippen molar-refractivity contribution in [2.75, 3.05) is 17.2 Å². The van der Waals surface area contributed by atoms with Gasteiger partial charge in [-0.1, -0.05) is 191 Å². The number of nitrogens with zero attached hydrogens (tertiary/aromatic N) is 6. The number of carbonyl (C=O) groups is 3. The number of nitrogens with two attached hydrogens (primary N) is 1. The number of thiazole rings is 1. The third kappa shape index (κ3) is 8.49. The van der Waals surface area contributed by atoms with E-state index < -0.39 is 46.4 Å². The lowest BCUT2D eigenvalue weighted by atomic mass is 9.70. The van der Waals surface area contributed by atoms with Gasteiger partial charge in [0, 0.05) is 23.3 Å². The standard InChI is InChI=1S/C51H40N8O6S4/c1-30-27-37(60)59-49(53-30)69-50(56-59)67-29-33-28-66-46-40(45(62)58(46)41(33)47(63)65-42(31-17-7-2-8-18-31)32-19-9-3-10-20-32)54-44(61)39(57-64)38-43(52)68-48(55-38)51(34-21-11-4-12-22-34,35-23-13-5-14-24-35)36-25-15-6-16-26-36/h2-27,40,42,46,64H,28-29,52H2,1H3,(H,54,61)/b57-39-/t40-,46-/m1/s1. The lowest BCUT2D eigenvalue weighted by molar-refractivity contribution is -0.154. The molecule has 1 fully saturated rings. The van der Waals surface area contributed by atoms with E-state index in [9.17, 15) is 24.4 Å². The Morgan fingerprint density at radius 2 is 1.39 bits per heavy atom. The second-order valence-corrected chi connectivity index (χ2v) is 20.3. The van der Waals surface area contributed by atoms with E-state index in [1.54, 1.807) is 6.92 Å². The number of nitrogen functional groups attached to an aromatic ring is 1. The number of fused-ring (bicyclic) bond motifs is 2. The number of oxime groups is 1. The van der Waals surface area contributed by atoms with Gasteiger partial charge in [-0.3, -0.25) is 19.3 Å². The Balaban J connectivity index is 0.961. The summed E-state index contributed by atoms with van der Waals surface area (Å²) in [5, 5.41) is 21.1. The highest BCUT2D eigenvalue weighted by Gasteiger charge is 2.55. The molecule has 0 saturated carbocycles. The summed E-state index contributed by atoms with van der Waals surface area (Å²) >= 11 is 5.07. The smallest absolute Gasteiger partial charge is 0.356 e. The van der Waals surface area contributed by atoms with Gasteiger partial charge in [0.2, 0.25) is 4.96 Å². The highest BCUT2D eigenvalue weighted by Crippen LogP contribution is 2.48. The van der Waals surface area contributed by atoms with Crippen molar-refractivity contribution in [1.82, 2.24) is 29.8 Å². The van der Waals surface area contributed by atoms with E-state index in [-0.39, 0.29) is 33.5 Å². The summed E-state index contributed by atoms with van der Waals surface area (Å²) in [6, 6.07) is 48.4. The first-order valence-corrected chi connectivity index (χ1v) is 25.3.